The van der Waals surface area contributed by atoms with Gasteiger partial charge in [-0.3, -0.25) is 14.5 Å². The molecule has 0 spiro atoms. The van der Waals surface area contributed by atoms with E-state index >= 15 is 0 Å². The van der Waals surface area contributed by atoms with Gasteiger partial charge in [0.2, 0.25) is 0 Å². The Bertz CT molecular complexity index is 1440. The molecule has 4 aromatic rings. The van der Waals surface area contributed by atoms with E-state index in [4.69, 9.17) is 0 Å². The lowest BCUT2D eigenvalue weighted by Gasteiger charge is -2.41. The summed E-state index contributed by atoms with van der Waals surface area (Å²) >= 11 is 0. The van der Waals surface area contributed by atoms with Gasteiger partial charge in [0.05, 0.1) is 17.2 Å². The van der Waals surface area contributed by atoms with E-state index in [0.717, 1.165) is 15.7 Å². The molecule has 1 aliphatic rings. The van der Waals surface area contributed by atoms with Crippen molar-refractivity contribution in [3.05, 3.63) is 112 Å². The molecule has 8 heteroatoms. The van der Waals surface area contributed by atoms with Crippen molar-refractivity contribution in [3.8, 4) is 0 Å². The third kappa shape index (κ3) is 4.64. The van der Waals surface area contributed by atoms with Crippen LogP contribution in [0.5, 0.6) is 0 Å². The number of hydrogen-bond acceptors (Lipinski definition) is 4. The van der Waals surface area contributed by atoms with Crippen LogP contribution in [-0.4, -0.2) is 47.6 Å². The van der Waals surface area contributed by atoms with Crippen molar-refractivity contribution in [3.63, 3.8) is 0 Å². The van der Waals surface area contributed by atoms with Crippen LogP contribution in [0.3, 0.4) is 0 Å². The number of nitrogens with zero attached hydrogens (tertiary/aromatic N) is 3. The highest BCUT2D eigenvalue weighted by Crippen LogP contribution is 2.35. The van der Waals surface area contributed by atoms with Gasteiger partial charge in [0.1, 0.15) is 5.56 Å². The lowest BCUT2D eigenvalue weighted by atomic mass is 9.96. The van der Waals surface area contributed by atoms with Crippen molar-refractivity contribution in [1.82, 2.24) is 9.47 Å². The van der Waals surface area contributed by atoms with E-state index in [0.29, 0.717) is 37.1 Å². The zero-order chi connectivity index (χ0) is 26.2. The predicted molar refractivity (Wildman–Crippen MR) is 138 cm³/mol. The number of ketones is 1. The Morgan fingerprint density at radius 3 is 1.84 bits per heavy atom. The van der Waals surface area contributed by atoms with E-state index in [1.54, 1.807) is 29.2 Å². The number of aromatic nitrogens is 1. The maximum absolute atomic E-state index is 13.6. The number of anilines is 1. The van der Waals surface area contributed by atoms with Gasteiger partial charge in [-0.15, -0.1) is 0 Å². The average molecular weight is 506 g/mol. The summed E-state index contributed by atoms with van der Waals surface area (Å²) in [5.74, 6) is -2.11. The van der Waals surface area contributed by atoms with Crippen LogP contribution >= 0.6 is 0 Å². The SMILES string of the molecule is Cn1c(=O)c(C(=O)C(F)(F)F)c(N2CCN(C(c3ccccc3)c3ccccc3)CC2)c2ccccc21. The van der Waals surface area contributed by atoms with Gasteiger partial charge in [0, 0.05) is 38.6 Å². The van der Waals surface area contributed by atoms with Crippen molar-refractivity contribution in [2.24, 2.45) is 7.05 Å². The van der Waals surface area contributed by atoms with Crippen LogP contribution in [0.25, 0.3) is 10.9 Å². The van der Waals surface area contributed by atoms with E-state index in [1.807, 2.05) is 36.4 Å². The van der Waals surface area contributed by atoms with E-state index in [1.165, 1.54) is 7.05 Å². The topological polar surface area (TPSA) is 45.6 Å². The van der Waals surface area contributed by atoms with Crippen LogP contribution in [0, 0.1) is 0 Å². The lowest BCUT2D eigenvalue weighted by molar-refractivity contribution is -0.0886. The standard InChI is InChI=1S/C29H26F3N3O2/c1-33-23-15-9-8-14-22(23)26(24(28(33)37)27(36)29(30,31)32)35-18-16-34(17-19-35)25(20-10-4-2-5-11-20)21-12-6-3-7-13-21/h2-15,25H,16-19H2,1H3. The van der Waals surface area contributed by atoms with Gasteiger partial charge >= 0.3 is 6.18 Å². The zero-order valence-electron chi connectivity index (χ0n) is 20.3. The van der Waals surface area contributed by atoms with Crippen LogP contribution < -0.4 is 10.5 Å². The second-order valence-electron chi connectivity index (χ2n) is 9.18. The maximum Gasteiger partial charge on any atom is 0.455 e. The molecule has 0 N–H and O–H groups in total. The van der Waals surface area contributed by atoms with Gasteiger partial charge in [-0.05, 0) is 17.2 Å². The number of hydrogen-bond donors (Lipinski definition) is 0. The molecule has 5 nitrogen and oxygen atoms in total. The van der Waals surface area contributed by atoms with Crippen molar-refractivity contribution < 1.29 is 18.0 Å². The molecule has 1 aliphatic heterocycles. The molecule has 1 saturated heterocycles. The monoisotopic (exact) mass is 505 g/mol. The number of rotatable bonds is 5. The number of benzene rings is 3. The highest BCUT2D eigenvalue weighted by molar-refractivity contribution is 6.10. The second-order valence-corrected chi connectivity index (χ2v) is 9.18. The Morgan fingerprint density at radius 2 is 1.30 bits per heavy atom. The van der Waals surface area contributed by atoms with Crippen molar-refractivity contribution >= 4 is 22.4 Å². The van der Waals surface area contributed by atoms with Crippen molar-refractivity contribution in [1.29, 1.82) is 0 Å². The zero-order valence-corrected chi connectivity index (χ0v) is 20.3. The molecular formula is C29H26F3N3O2. The maximum atomic E-state index is 13.6. The Labute approximate surface area is 212 Å². The highest BCUT2D eigenvalue weighted by Gasteiger charge is 2.44. The molecule has 0 bridgehead atoms. The number of Topliss-reactive ketones (excluding diaryl/α,β-unsaturated/α-hetero) is 1. The fourth-order valence-electron chi connectivity index (χ4n) is 5.24. The molecule has 0 radical (unpaired) electrons. The number of carbonyl (C=O) groups excluding carboxylic acids is 1. The van der Waals surface area contributed by atoms with Gasteiger partial charge in [-0.1, -0.05) is 78.9 Å². The Kier molecular flexibility index (Phi) is 6.60. The number of aryl methyl sites for hydroxylation is 1. The third-order valence-corrected chi connectivity index (χ3v) is 6.99. The molecule has 2 heterocycles. The van der Waals surface area contributed by atoms with E-state index in [2.05, 4.69) is 29.2 Å². The molecule has 5 rings (SSSR count). The van der Waals surface area contributed by atoms with Crippen molar-refractivity contribution in [2.45, 2.75) is 12.2 Å². The highest BCUT2D eigenvalue weighted by atomic mass is 19.4. The average Bonchev–Trinajstić information content (AvgIpc) is 2.91. The van der Waals surface area contributed by atoms with E-state index < -0.39 is 23.1 Å². The largest absolute Gasteiger partial charge is 0.455 e. The number of para-hydroxylation sites is 1. The van der Waals surface area contributed by atoms with Gasteiger partial charge in [-0.2, -0.15) is 13.2 Å². The van der Waals surface area contributed by atoms with Crippen LogP contribution in [0.15, 0.2) is 89.7 Å². The van der Waals surface area contributed by atoms with E-state index in [-0.39, 0.29) is 11.7 Å². The summed E-state index contributed by atoms with van der Waals surface area (Å²) in [6, 6.07) is 26.9. The summed E-state index contributed by atoms with van der Waals surface area (Å²) < 4.78 is 42.0. The molecule has 0 aliphatic carbocycles. The van der Waals surface area contributed by atoms with Gasteiger partial charge < -0.3 is 9.47 Å². The fraction of sp³-hybridized carbons (Fsp3) is 0.241. The summed E-state index contributed by atoms with van der Waals surface area (Å²) in [5.41, 5.74) is 1.03. The van der Waals surface area contributed by atoms with Crippen LogP contribution in [0.4, 0.5) is 18.9 Å². The molecule has 0 saturated carbocycles. The lowest BCUT2D eigenvalue weighted by Crippen LogP contribution is -2.49. The summed E-state index contributed by atoms with van der Waals surface area (Å²) in [5, 5.41) is 0.452. The van der Waals surface area contributed by atoms with E-state index in [9.17, 15) is 22.8 Å². The molecule has 1 fully saturated rings. The van der Waals surface area contributed by atoms with Crippen LogP contribution in [-0.2, 0) is 7.05 Å². The number of piperazine rings is 1. The van der Waals surface area contributed by atoms with Gasteiger partial charge in [0.25, 0.3) is 11.3 Å². The molecule has 1 aromatic heterocycles. The minimum Gasteiger partial charge on any atom is -0.368 e. The normalized spacial score (nSPS) is 14.9. The third-order valence-electron chi connectivity index (χ3n) is 6.99. The molecule has 3 aromatic carbocycles. The minimum atomic E-state index is -5.16. The Morgan fingerprint density at radius 1 is 0.784 bits per heavy atom. The first-order valence-electron chi connectivity index (χ1n) is 12.1. The summed E-state index contributed by atoms with van der Waals surface area (Å²) in [6.45, 7) is 1.81. The molecule has 0 unspecified atom stereocenters. The number of alkyl halides is 3. The first kappa shape index (κ1) is 24.8. The number of fused-ring (bicyclic) bond motifs is 1. The molecular weight excluding hydrogens is 479 g/mol. The summed E-state index contributed by atoms with van der Waals surface area (Å²) in [4.78, 5) is 29.6. The Balaban J connectivity index is 1.55. The van der Waals surface area contributed by atoms with Crippen molar-refractivity contribution in [2.75, 3.05) is 31.1 Å². The smallest absolute Gasteiger partial charge is 0.368 e. The molecule has 37 heavy (non-hydrogen) atoms. The number of pyridine rings is 1. The van der Waals surface area contributed by atoms with Gasteiger partial charge in [0.15, 0.2) is 0 Å². The molecule has 190 valence electrons. The van der Waals surface area contributed by atoms with Crippen LogP contribution in [0.1, 0.15) is 27.5 Å². The van der Waals surface area contributed by atoms with Crippen LogP contribution in [0.2, 0.25) is 0 Å². The first-order valence-corrected chi connectivity index (χ1v) is 12.1. The number of carbonyl (C=O) groups is 1. The first-order chi connectivity index (χ1) is 17.8. The quantitative estimate of drug-likeness (QED) is 0.350. The second kappa shape index (κ2) is 9.86. The molecule has 0 amide bonds. The summed E-state index contributed by atoms with van der Waals surface area (Å²) in [7, 11) is 1.39. The number of halogens is 3. The fourth-order valence-corrected chi connectivity index (χ4v) is 5.24. The van der Waals surface area contributed by atoms with Gasteiger partial charge in [-0.25, -0.2) is 0 Å². The Hall–Kier alpha value is -3.91. The summed E-state index contributed by atoms with van der Waals surface area (Å²) in [6.07, 6.45) is -5.16. The molecule has 0 atom stereocenters. The predicted octanol–water partition coefficient (Wildman–Crippen LogP) is 5.20. The minimum absolute atomic E-state index is 0.0267.